The molecule has 0 saturated heterocycles. The van der Waals surface area contributed by atoms with Crippen molar-refractivity contribution >= 4 is 17.8 Å². The number of hydrogen-bond donors (Lipinski definition) is 1. The average Bonchev–Trinajstić information content (AvgIpc) is 2.46. The maximum absolute atomic E-state index is 5.18. The van der Waals surface area contributed by atoms with Gasteiger partial charge in [0, 0.05) is 40.8 Å². The lowest BCUT2D eigenvalue weighted by molar-refractivity contribution is 0.203. The average molecular weight is 282 g/mol. The molecule has 20 heavy (non-hydrogen) atoms. The zero-order chi connectivity index (χ0) is 15.1. The van der Waals surface area contributed by atoms with Crippen LogP contribution in [0.4, 0.5) is 17.8 Å². The summed E-state index contributed by atoms with van der Waals surface area (Å²) in [6, 6.07) is 0.340. The maximum Gasteiger partial charge on any atom is 0.232 e. The molecule has 1 rings (SSSR count). The first-order valence-electron chi connectivity index (χ1n) is 6.90. The van der Waals surface area contributed by atoms with Gasteiger partial charge in [-0.15, -0.1) is 0 Å². The van der Waals surface area contributed by atoms with Gasteiger partial charge in [0.1, 0.15) is 0 Å². The molecule has 0 aromatic carbocycles. The van der Waals surface area contributed by atoms with E-state index in [-0.39, 0.29) is 0 Å². The highest BCUT2D eigenvalue weighted by Gasteiger charge is 2.18. The van der Waals surface area contributed by atoms with Crippen LogP contribution in [0.3, 0.4) is 0 Å². The van der Waals surface area contributed by atoms with E-state index >= 15 is 0 Å². The van der Waals surface area contributed by atoms with E-state index in [1.54, 1.807) is 14.2 Å². The Balaban J connectivity index is 3.13. The minimum Gasteiger partial charge on any atom is -0.383 e. The van der Waals surface area contributed by atoms with Crippen LogP contribution < -0.4 is 15.1 Å². The van der Waals surface area contributed by atoms with E-state index in [1.165, 1.54) is 0 Å². The van der Waals surface area contributed by atoms with Crippen LogP contribution in [0, 0.1) is 0 Å². The summed E-state index contributed by atoms with van der Waals surface area (Å²) in [5.74, 6) is 1.90. The zero-order valence-electron chi connectivity index (χ0n) is 13.3. The number of hydrogen-bond acceptors (Lipinski definition) is 7. The van der Waals surface area contributed by atoms with Crippen molar-refractivity contribution in [1.82, 2.24) is 15.0 Å². The summed E-state index contributed by atoms with van der Waals surface area (Å²) in [5.41, 5.74) is 0. The summed E-state index contributed by atoms with van der Waals surface area (Å²) in [7, 11) is 7.34. The lowest BCUT2D eigenvalue weighted by Crippen LogP contribution is -2.37. The number of aromatic nitrogens is 3. The zero-order valence-corrected chi connectivity index (χ0v) is 13.3. The Morgan fingerprint density at radius 3 is 2.35 bits per heavy atom. The van der Waals surface area contributed by atoms with Gasteiger partial charge in [0.05, 0.1) is 6.61 Å². The third kappa shape index (κ3) is 4.19. The van der Waals surface area contributed by atoms with Crippen LogP contribution in [0.5, 0.6) is 0 Å². The molecule has 0 bridgehead atoms. The van der Waals surface area contributed by atoms with Crippen LogP contribution in [0.15, 0.2) is 0 Å². The number of rotatable bonds is 8. The molecule has 0 saturated carbocycles. The van der Waals surface area contributed by atoms with E-state index in [2.05, 4.69) is 39.0 Å². The van der Waals surface area contributed by atoms with Gasteiger partial charge in [-0.25, -0.2) is 0 Å². The second-order valence-electron chi connectivity index (χ2n) is 4.85. The quantitative estimate of drug-likeness (QED) is 0.769. The number of anilines is 3. The molecule has 1 unspecified atom stereocenters. The molecule has 114 valence electrons. The van der Waals surface area contributed by atoms with Crippen molar-refractivity contribution in [3.63, 3.8) is 0 Å². The third-order valence-corrected chi connectivity index (χ3v) is 3.15. The molecule has 1 atom stereocenters. The minimum absolute atomic E-state index is 0.340. The Labute approximate surface area is 121 Å². The molecule has 0 aliphatic heterocycles. The third-order valence-electron chi connectivity index (χ3n) is 3.15. The van der Waals surface area contributed by atoms with Crippen LogP contribution in [-0.4, -0.2) is 62.4 Å². The first-order chi connectivity index (χ1) is 9.53. The molecular formula is C13H26N6O. The smallest absolute Gasteiger partial charge is 0.232 e. The van der Waals surface area contributed by atoms with Gasteiger partial charge in [-0.1, -0.05) is 6.92 Å². The fraction of sp³-hybridized carbons (Fsp3) is 0.769. The topological polar surface area (TPSA) is 66.4 Å². The SMILES string of the molecule is CCC(C)N(CCOC)c1nc(NC)nc(N(C)C)n1. The van der Waals surface area contributed by atoms with Crippen molar-refractivity contribution in [2.24, 2.45) is 0 Å². The van der Waals surface area contributed by atoms with Crippen LogP contribution in [0.25, 0.3) is 0 Å². The predicted molar refractivity (Wildman–Crippen MR) is 82.7 cm³/mol. The molecule has 1 aromatic heterocycles. The molecule has 0 amide bonds. The second kappa shape index (κ2) is 7.84. The van der Waals surface area contributed by atoms with Crippen molar-refractivity contribution in [3.05, 3.63) is 0 Å². The largest absolute Gasteiger partial charge is 0.383 e. The highest BCUT2D eigenvalue weighted by molar-refractivity contribution is 5.44. The predicted octanol–water partition coefficient (Wildman–Crippen LogP) is 1.23. The van der Waals surface area contributed by atoms with E-state index < -0.39 is 0 Å². The van der Waals surface area contributed by atoms with Gasteiger partial charge in [0.15, 0.2) is 0 Å². The summed E-state index contributed by atoms with van der Waals surface area (Å²) in [6.07, 6.45) is 1.02. The Hall–Kier alpha value is -1.63. The molecule has 1 aromatic rings. The Bertz CT molecular complexity index is 412. The van der Waals surface area contributed by atoms with E-state index in [4.69, 9.17) is 4.74 Å². The second-order valence-corrected chi connectivity index (χ2v) is 4.85. The molecule has 1 N–H and O–H groups in total. The van der Waals surface area contributed by atoms with E-state index in [0.29, 0.717) is 30.5 Å². The summed E-state index contributed by atoms with van der Waals surface area (Å²) in [5, 5.41) is 2.98. The molecule has 0 aliphatic carbocycles. The van der Waals surface area contributed by atoms with Crippen LogP contribution in [0.2, 0.25) is 0 Å². The Kier molecular flexibility index (Phi) is 6.44. The number of ether oxygens (including phenoxy) is 1. The lowest BCUT2D eigenvalue weighted by atomic mass is 10.2. The first-order valence-corrected chi connectivity index (χ1v) is 6.90. The minimum atomic E-state index is 0.340. The van der Waals surface area contributed by atoms with Crippen LogP contribution in [-0.2, 0) is 4.74 Å². The Morgan fingerprint density at radius 1 is 1.20 bits per heavy atom. The molecule has 7 heteroatoms. The highest BCUT2D eigenvalue weighted by atomic mass is 16.5. The number of nitrogens with zero attached hydrogens (tertiary/aromatic N) is 5. The van der Waals surface area contributed by atoms with E-state index in [1.807, 2.05) is 19.0 Å². The lowest BCUT2D eigenvalue weighted by Gasteiger charge is -2.29. The summed E-state index contributed by atoms with van der Waals surface area (Å²) < 4.78 is 5.18. The van der Waals surface area contributed by atoms with Crippen molar-refractivity contribution in [2.75, 3.05) is 56.5 Å². The van der Waals surface area contributed by atoms with Crippen molar-refractivity contribution < 1.29 is 4.74 Å². The monoisotopic (exact) mass is 282 g/mol. The van der Waals surface area contributed by atoms with Crippen LogP contribution in [0.1, 0.15) is 20.3 Å². The van der Waals surface area contributed by atoms with Gasteiger partial charge in [-0.3, -0.25) is 0 Å². The fourth-order valence-corrected chi connectivity index (χ4v) is 1.72. The van der Waals surface area contributed by atoms with Crippen LogP contribution >= 0.6 is 0 Å². The molecule has 0 fully saturated rings. The van der Waals surface area contributed by atoms with E-state index in [9.17, 15) is 0 Å². The van der Waals surface area contributed by atoms with Gasteiger partial charge in [0.25, 0.3) is 0 Å². The summed E-state index contributed by atoms with van der Waals surface area (Å²) in [6.45, 7) is 5.71. The maximum atomic E-state index is 5.18. The molecule has 0 spiro atoms. The molecule has 0 radical (unpaired) electrons. The highest BCUT2D eigenvalue weighted by Crippen LogP contribution is 2.18. The molecule has 7 nitrogen and oxygen atoms in total. The summed E-state index contributed by atoms with van der Waals surface area (Å²) >= 11 is 0. The van der Waals surface area contributed by atoms with Crippen molar-refractivity contribution in [1.29, 1.82) is 0 Å². The molecular weight excluding hydrogens is 256 g/mol. The summed E-state index contributed by atoms with van der Waals surface area (Å²) in [4.78, 5) is 17.4. The van der Waals surface area contributed by atoms with Crippen molar-refractivity contribution in [3.8, 4) is 0 Å². The van der Waals surface area contributed by atoms with Gasteiger partial charge >= 0.3 is 0 Å². The number of methoxy groups -OCH3 is 1. The van der Waals surface area contributed by atoms with Gasteiger partial charge in [0.2, 0.25) is 17.8 Å². The van der Waals surface area contributed by atoms with E-state index in [0.717, 1.165) is 13.0 Å². The normalized spacial score (nSPS) is 12.1. The van der Waals surface area contributed by atoms with Gasteiger partial charge in [-0.05, 0) is 13.3 Å². The molecule has 1 heterocycles. The van der Waals surface area contributed by atoms with Crippen molar-refractivity contribution in [2.45, 2.75) is 26.3 Å². The molecule has 0 aliphatic rings. The fourth-order valence-electron chi connectivity index (χ4n) is 1.72. The van der Waals surface area contributed by atoms with Gasteiger partial charge in [-0.2, -0.15) is 15.0 Å². The first kappa shape index (κ1) is 16.4. The van der Waals surface area contributed by atoms with Gasteiger partial charge < -0.3 is 19.9 Å². The standard InChI is InChI=1S/C13H26N6O/c1-7-10(2)19(8-9-20-6)13-16-11(14-3)15-12(17-13)18(4)5/h10H,7-9H2,1-6H3,(H,14,15,16,17). The Morgan fingerprint density at radius 2 is 1.85 bits per heavy atom. The number of nitrogens with one attached hydrogen (secondary N) is 1.